The SMILES string of the molecule is Cn1cnc(C(=O)c2cn(C)cn2)c1. The predicted octanol–water partition coefficient (Wildman–Crippen LogP) is 0.385. The Balaban J connectivity index is 2.33. The van der Waals surface area contributed by atoms with E-state index in [2.05, 4.69) is 9.97 Å². The molecule has 0 spiro atoms. The monoisotopic (exact) mass is 190 g/mol. The molecule has 0 N–H and O–H groups in total. The lowest BCUT2D eigenvalue weighted by molar-refractivity contribution is 0.103. The molecule has 0 saturated heterocycles. The Labute approximate surface area is 81.0 Å². The van der Waals surface area contributed by atoms with Crippen LogP contribution in [0.5, 0.6) is 0 Å². The molecule has 0 aromatic carbocycles. The molecule has 0 fully saturated rings. The van der Waals surface area contributed by atoms with Gasteiger partial charge in [0.25, 0.3) is 0 Å². The van der Waals surface area contributed by atoms with Gasteiger partial charge in [0.15, 0.2) is 0 Å². The fourth-order valence-corrected chi connectivity index (χ4v) is 1.19. The number of carbonyl (C=O) groups is 1. The first-order chi connectivity index (χ1) is 6.66. The number of hydrogen-bond donors (Lipinski definition) is 0. The zero-order valence-corrected chi connectivity index (χ0v) is 8.01. The number of nitrogens with zero attached hydrogens (tertiary/aromatic N) is 4. The van der Waals surface area contributed by atoms with Crippen LogP contribution < -0.4 is 0 Å². The zero-order valence-electron chi connectivity index (χ0n) is 8.01. The average Bonchev–Trinajstić information content (AvgIpc) is 2.73. The van der Waals surface area contributed by atoms with Gasteiger partial charge in [0.05, 0.1) is 12.7 Å². The number of hydrogen-bond acceptors (Lipinski definition) is 3. The Kier molecular flexibility index (Phi) is 1.92. The van der Waals surface area contributed by atoms with Gasteiger partial charge in [-0.3, -0.25) is 4.79 Å². The second-order valence-electron chi connectivity index (χ2n) is 3.18. The zero-order chi connectivity index (χ0) is 10.1. The number of aryl methyl sites for hydroxylation is 2. The molecule has 0 aliphatic carbocycles. The van der Waals surface area contributed by atoms with Gasteiger partial charge < -0.3 is 9.13 Å². The van der Waals surface area contributed by atoms with Crippen LogP contribution in [-0.4, -0.2) is 24.9 Å². The Morgan fingerprint density at radius 1 is 1.07 bits per heavy atom. The minimum Gasteiger partial charge on any atom is -0.340 e. The highest BCUT2D eigenvalue weighted by Gasteiger charge is 2.13. The van der Waals surface area contributed by atoms with E-state index in [0.717, 1.165) is 0 Å². The van der Waals surface area contributed by atoms with Gasteiger partial charge in [-0.2, -0.15) is 0 Å². The van der Waals surface area contributed by atoms with Crippen molar-refractivity contribution in [3.05, 3.63) is 36.4 Å². The van der Waals surface area contributed by atoms with E-state index in [1.165, 1.54) is 0 Å². The van der Waals surface area contributed by atoms with Crippen molar-refractivity contribution in [2.24, 2.45) is 14.1 Å². The number of carbonyl (C=O) groups excluding carboxylic acids is 1. The molecule has 2 aromatic heterocycles. The van der Waals surface area contributed by atoms with E-state index in [1.807, 2.05) is 14.1 Å². The molecule has 2 aromatic rings. The number of imidazole rings is 2. The second kappa shape index (κ2) is 3.10. The average molecular weight is 190 g/mol. The van der Waals surface area contributed by atoms with E-state index in [9.17, 15) is 4.79 Å². The van der Waals surface area contributed by atoms with Crippen molar-refractivity contribution < 1.29 is 4.79 Å². The Morgan fingerprint density at radius 2 is 1.50 bits per heavy atom. The Morgan fingerprint density at radius 3 is 1.79 bits per heavy atom. The maximum Gasteiger partial charge on any atom is 0.232 e. The van der Waals surface area contributed by atoms with Gasteiger partial charge in [-0.05, 0) is 0 Å². The quantitative estimate of drug-likeness (QED) is 0.643. The van der Waals surface area contributed by atoms with Gasteiger partial charge in [0, 0.05) is 26.5 Å². The Bertz CT molecular complexity index is 426. The van der Waals surface area contributed by atoms with Crippen molar-refractivity contribution in [3.63, 3.8) is 0 Å². The lowest BCUT2D eigenvalue weighted by Crippen LogP contribution is -2.01. The third-order valence-electron chi connectivity index (χ3n) is 1.88. The third kappa shape index (κ3) is 1.44. The van der Waals surface area contributed by atoms with Crippen molar-refractivity contribution in [2.75, 3.05) is 0 Å². The van der Waals surface area contributed by atoms with E-state index >= 15 is 0 Å². The van der Waals surface area contributed by atoms with Crippen LogP contribution in [0.4, 0.5) is 0 Å². The number of aromatic nitrogens is 4. The maximum absolute atomic E-state index is 11.7. The normalized spacial score (nSPS) is 10.4. The first-order valence-corrected chi connectivity index (χ1v) is 4.17. The van der Waals surface area contributed by atoms with Crippen LogP contribution in [0.3, 0.4) is 0 Å². The van der Waals surface area contributed by atoms with Crippen LogP contribution in [0.2, 0.25) is 0 Å². The summed E-state index contributed by atoms with van der Waals surface area (Å²) in [5, 5.41) is 0. The van der Waals surface area contributed by atoms with Crippen molar-refractivity contribution in [2.45, 2.75) is 0 Å². The highest BCUT2D eigenvalue weighted by Crippen LogP contribution is 2.04. The van der Waals surface area contributed by atoms with Crippen LogP contribution in [0.1, 0.15) is 16.2 Å². The van der Waals surface area contributed by atoms with Crippen molar-refractivity contribution in [3.8, 4) is 0 Å². The first kappa shape index (κ1) is 8.68. The second-order valence-corrected chi connectivity index (χ2v) is 3.18. The molecule has 0 aliphatic heterocycles. The third-order valence-corrected chi connectivity index (χ3v) is 1.88. The van der Waals surface area contributed by atoms with Gasteiger partial charge >= 0.3 is 0 Å². The van der Waals surface area contributed by atoms with E-state index in [-0.39, 0.29) is 5.78 Å². The van der Waals surface area contributed by atoms with E-state index < -0.39 is 0 Å². The van der Waals surface area contributed by atoms with E-state index in [1.54, 1.807) is 34.2 Å². The summed E-state index contributed by atoms with van der Waals surface area (Å²) in [6, 6.07) is 0. The van der Waals surface area contributed by atoms with E-state index in [4.69, 9.17) is 0 Å². The largest absolute Gasteiger partial charge is 0.340 e. The lowest BCUT2D eigenvalue weighted by Gasteiger charge is -1.89. The predicted molar refractivity (Wildman–Crippen MR) is 49.8 cm³/mol. The minimum atomic E-state index is -0.147. The fraction of sp³-hybridized carbons (Fsp3) is 0.222. The standard InChI is InChI=1S/C9H10N4O/c1-12-3-7(10-5-12)9(14)8-4-13(2)6-11-8/h3-6H,1-2H3. The minimum absolute atomic E-state index is 0.147. The molecule has 0 unspecified atom stereocenters. The summed E-state index contributed by atoms with van der Waals surface area (Å²) in [6.07, 6.45) is 6.54. The summed E-state index contributed by atoms with van der Waals surface area (Å²) < 4.78 is 3.46. The number of rotatable bonds is 2. The van der Waals surface area contributed by atoms with Crippen LogP contribution in [0.15, 0.2) is 25.0 Å². The molecular formula is C9H10N4O. The molecule has 5 nitrogen and oxygen atoms in total. The lowest BCUT2D eigenvalue weighted by atomic mass is 10.2. The molecule has 0 saturated carbocycles. The van der Waals surface area contributed by atoms with Crippen LogP contribution >= 0.6 is 0 Å². The molecule has 2 heterocycles. The molecule has 5 heteroatoms. The van der Waals surface area contributed by atoms with Crippen molar-refractivity contribution in [1.82, 2.24) is 19.1 Å². The summed E-state index contributed by atoms with van der Waals surface area (Å²) in [6.45, 7) is 0. The topological polar surface area (TPSA) is 52.7 Å². The van der Waals surface area contributed by atoms with Gasteiger partial charge in [-0.1, -0.05) is 0 Å². The molecule has 14 heavy (non-hydrogen) atoms. The molecule has 0 amide bonds. The number of ketones is 1. The van der Waals surface area contributed by atoms with Gasteiger partial charge in [0.2, 0.25) is 5.78 Å². The first-order valence-electron chi connectivity index (χ1n) is 4.17. The highest BCUT2D eigenvalue weighted by molar-refractivity contribution is 6.06. The molecular weight excluding hydrogens is 180 g/mol. The summed E-state index contributed by atoms with van der Waals surface area (Å²) in [7, 11) is 3.64. The summed E-state index contributed by atoms with van der Waals surface area (Å²) in [5.41, 5.74) is 0.845. The van der Waals surface area contributed by atoms with E-state index in [0.29, 0.717) is 11.4 Å². The van der Waals surface area contributed by atoms with Crippen LogP contribution in [0.25, 0.3) is 0 Å². The van der Waals surface area contributed by atoms with Gasteiger partial charge in [-0.15, -0.1) is 0 Å². The fourth-order valence-electron chi connectivity index (χ4n) is 1.19. The Hall–Kier alpha value is -1.91. The molecule has 0 radical (unpaired) electrons. The molecule has 2 rings (SSSR count). The molecule has 72 valence electrons. The molecule has 0 atom stereocenters. The smallest absolute Gasteiger partial charge is 0.232 e. The van der Waals surface area contributed by atoms with Crippen LogP contribution in [0, 0.1) is 0 Å². The van der Waals surface area contributed by atoms with Crippen molar-refractivity contribution in [1.29, 1.82) is 0 Å². The highest BCUT2D eigenvalue weighted by atomic mass is 16.1. The molecule has 0 bridgehead atoms. The summed E-state index contributed by atoms with van der Waals surface area (Å²) in [4.78, 5) is 19.7. The molecule has 0 aliphatic rings. The van der Waals surface area contributed by atoms with Crippen molar-refractivity contribution >= 4 is 5.78 Å². The summed E-state index contributed by atoms with van der Waals surface area (Å²) in [5.74, 6) is -0.147. The van der Waals surface area contributed by atoms with Gasteiger partial charge in [0.1, 0.15) is 11.4 Å². The van der Waals surface area contributed by atoms with Gasteiger partial charge in [-0.25, -0.2) is 9.97 Å². The summed E-state index contributed by atoms with van der Waals surface area (Å²) >= 11 is 0. The van der Waals surface area contributed by atoms with Crippen LogP contribution in [-0.2, 0) is 14.1 Å². The maximum atomic E-state index is 11.7.